The number of hydrogen-bond acceptors (Lipinski definition) is 4. The molecule has 0 aromatic carbocycles. The summed E-state index contributed by atoms with van der Waals surface area (Å²) in [5.41, 5.74) is -1.66. The van der Waals surface area contributed by atoms with Crippen LogP contribution in [0.25, 0.3) is 0 Å². The fraction of sp³-hybridized carbons (Fsp3) is 0.429. The van der Waals surface area contributed by atoms with Crippen LogP contribution in [0.2, 0.25) is 5.15 Å². The molecule has 0 saturated heterocycles. The average molecular weight is 278 g/mol. The second-order valence-corrected chi connectivity index (χ2v) is 3.00. The van der Waals surface area contributed by atoms with Gasteiger partial charge in [-0.25, -0.2) is 4.98 Å². The molecule has 1 heterocycles. The van der Waals surface area contributed by atoms with E-state index in [1.165, 1.54) is 7.05 Å². The van der Waals surface area contributed by atoms with Gasteiger partial charge in [0, 0.05) is 7.05 Å². The molecule has 1 N–H and O–H groups in total. The summed E-state index contributed by atoms with van der Waals surface area (Å²) in [5, 5.41) is 1.36. The molecule has 96 valence electrons. The first-order chi connectivity index (χ1) is 7.75. The highest BCUT2D eigenvalue weighted by atomic mass is 35.5. The van der Waals surface area contributed by atoms with E-state index in [2.05, 4.69) is 20.0 Å². The maximum absolute atomic E-state index is 12.5. The molecule has 0 aliphatic heterocycles. The number of hydrogen-bond donors (Lipinski definition) is 1. The van der Waals surface area contributed by atoms with Crippen LogP contribution in [0.15, 0.2) is 0 Å². The highest BCUT2D eigenvalue weighted by molar-refractivity contribution is 6.31. The van der Waals surface area contributed by atoms with Gasteiger partial charge in [-0.05, 0) is 0 Å². The number of nitrogens with one attached hydrogen (secondary N) is 1. The molecule has 17 heavy (non-hydrogen) atoms. The topological polar surface area (TPSA) is 47.0 Å². The zero-order chi connectivity index (χ0) is 13.2. The molecule has 0 fully saturated rings. The number of anilines is 1. The summed E-state index contributed by atoms with van der Waals surface area (Å²) < 4.78 is 65.0. The summed E-state index contributed by atoms with van der Waals surface area (Å²) in [6.45, 7) is -3.46. The summed E-state index contributed by atoms with van der Waals surface area (Å²) >= 11 is 5.31. The van der Waals surface area contributed by atoms with Crippen molar-refractivity contribution >= 4 is 17.5 Å². The molecule has 0 aliphatic carbocycles. The van der Waals surface area contributed by atoms with E-state index in [-0.39, 0.29) is 0 Å². The van der Waals surface area contributed by atoms with Crippen LogP contribution in [-0.4, -0.2) is 23.6 Å². The van der Waals surface area contributed by atoms with Gasteiger partial charge in [-0.1, -0.05) is 11.6 Å². The van der Waals surface area contributed by atoms with Gasteiger partial charge in [0.2, 0.25) is 5.95 Å². The molecular weight excluding hydrogens is 273 g/mol. The molecule has 1 aromatic heterocycles. The Morgan fingerprint density at radius 1 is 1.29 bits per heavy atom. The Morgan fingerprint density at radius 2 is 1.88 bits per heavy atom. The first kappa shape index (κ1) is 13.7. The van der Waals surface area contributed by atoms with Gasteiger partial charge in [0.05, 0.1) is 0 Å². The molecule has 4 nitrogen and oxygen atoms in total. The van der Waals surface area contributed by atoms with Gasteiger partial charge >= 0.3 is 12.8 Å². The van der Waals surface area contributed by atoms with Gasteiger partial charge in [0.15, 0.2) is 16.6 Å². The summed E-state index contributed by atoms with van der Waals surface area (Å²) in [7, 11) is 1.25. The molecule has 1 aromatic rings. The van der Waals surface area contributed by atoms with Crippen molar-refractivity contribution in [2.24, 2.45) is 0 Å². The molecule has 0 bridgehead atoms. The van der Waals surface area contributed by atoms with E-state index >= 15 is 0 Å². The number of ether oxygens (including phenoxy) is 1. The molecule has 0 radical (unpaired) electrons. The van der Waals surface area contributed by atoms with E-state index in [0.717, 1.165) is 0 Å². The molecule has 0 unspecified atom stereocenters. The smallest absolute Gasteiger partial charge is 0.429 e. The van der Waals surface area contributed by atoms with Gasteiger partial charge < -0.3 is 10.1 Å². The van der Waals surface area contributed by atoms with E-state index in [1.54, 1.807) is 0 Å². The quantitative estimate of drug-likeness (QED) is 0.682. The summed E-state index contributed by atoms with van der Waals surface area (Å²) in [6, 6.07) is 0. The van der Waals surface area contributed by atoms with Crippen molar-refractivity contribution in [2.75, 3.05) is 12.4 Å². The molecule has 0 saturated carbocycles. The van der Waals surface area contributed by atoms with E-state index < -0.39 is 35.3 Å². The Labute approximate surface area is 96.8 Å². The van der Waals surface area contributed by atoms with Crippen molar-refractivity contribution in [1.29, 1.82) is 0 Å². The average Bonchev–Trinajstić information content (AvgIpc) is 2.18. The van der Waals surface area contributed by atoms with Crippen LogP contribution in [0, 0.1) is 0 Å². The third kappa shape index (κ3) is 3.29. The van der Waals surface area contributed by atoms with Gasteiger partial charge in [0.25, 0.3) is 0 Å². The van der Waals surface area contributed by atoms with Gasteiger partial charge in [-0.15, -0.1) is 0 Å². The van der Waals surface area contributed by atoms with Crippen molar-refractivity contribution in [3.05, 3.63) is 10.8 Å². The largest absolute Gasteiger partial charge is 0.437 e. The predicted octanol–water partition coefficient (Wildman–Crippen LogP) is 2.79. The Kier molecular flexibility index (Phi) is 3.91. The number of rotatable bonds is 3. The monoisotopic (exact) mass is 277 g/mol. The predicted molar refractivity (Wildman–Crippen MR) is 48.2 cm³/mol. The molecular formula is C7H5ClF5N3O. The third-order valence-corrected chi connectivity index (χ3v) is 1.78. The Morgan fingerprint density at radius 3 is 2.29 bits per heavy atom. The molecule has 0 spiro atoms. The molecule has 10 heteroatoms. The van der Waals surface area contributed by atoms with Crippen LogP contribution in [0.5, 0.6) is 5.75 Å². The van der Waals surface area contributed by atoms with Crippen LogP contribution in [0.3, 0.4) is 0 Å². The summed E-state index contributed by atoms with van der Waals surface area (Å²) in [5.74, 6) is -1.75. The second kappa shape index (κ2) is 4.86. The number of aromatic nitrogens is 2. The zero-order valence-corrected chi connectivity index (χ0v) is 8.90. The number of alkyl halides is 5. The van der Waals surface area contributed by atoms with Crippen molar-refractivity contribution in [3.63, 3.8) is 0 Å². The fourth-order valence-electron chi connectivity index (χ4n) is 0.921. The maximum atomic E-state index is 12.5. The number of nitrogens with zero attached hydrogens (tertiary/aromatic N) is 2. The van der Waals surface area contributed by atoms with Gasteiger partial charge in [-0.3, -0.25) is 0 Å². The molecule has 0 aliphatic rings. The van der Waals surface area contributed by atoms with Crippen molar-refractivity contribution in [2.45, 2.75) is 12.8 Å². The first-order valence-electron chi connectivity index (χ1n) is 4.03. The van der Waals surface area contributed by atoms with Crippen molar-refractivity contribution in [1.82, 2.24) is 9.97 Å². The Hall–Kier alpha value is -1.38. The fourth-order valence-corrected chi connectivity index (χ4v) is 1.13. The van der Waals surface area contributed by atoms with Crippen LogP contribution in [0.4, 0.5) is 27.9 Å². The minimum Gasteiger partial charge on any atom is -0.429 e. The van der Waals surface area contributed by atoms with Crippen molar-refractivity contribution in [3.8, 4) is 5.75 Å². The Bertz CT molecular complexity index is 411. The lowest BCUT2D eigenvalue weighted by Gasteiger charge is -2.14. The molecule has 0 amide bonds. The zero-order valence-electron chi connectivity index (χ0n) is 8.15. The lowest BCUT2D eigenvalue weighted by atomic mass is 10.3. The van der Waals surface area contributed by atoms with Crippen LogP contribution in [0.1, 0.15) is 5.69 Å². The highest BCUT2D eigenvalue weighted by Crippen LogP contribution is 2.39. The minimum absolute atomic E-state index is 0.455. The lowest BCUT2D eigenvalue weighted by Crippen LogP contribution is -2.16. The summed E-state index contributed by atoms with van der Waals surface area (Å²) in [6.07, 6.45) is -4.98. The van der Waals surface area contributed by atoms with E-state index in [0.29, 0.717) is 0 Å². The van der Waals surface area contributed by atoms with Crippen LogP contribution < -0.4 is 10.1 Å². The van der Waals surface area contributed by atoms with Gasteiger partial charge in [-0.2, -0.15) is 26.9 Å². The molecule has 0 atom stereocenters. The maximum Gasteiger partial charge on any atom is 0.437 e. The van der Waals surface area contributed by atoms with Crippen LogP contribution in [-0.2, 0) is 6.18 Å². The van der Waals surface area contributed by atoms with Crippen LogP contribution >= 0.6 is 11.6 Å². The summed E-state index contributed by atoms with van der Waals surface area (Å²) in [4.78, 5) is 6.29. The second-order valence-electron chi connectivity index (χ2n) is 2.64. The Balaban J connectivity index is 3.35. The standard InChI is InChI=1S/C7H5ClF5N3O/c1-14-6-15-3(7(11,12)13)2(4(8)16-6)17-5(9)10/h5H,1H3,(H,14,15,16). The van der Waals surface area contributed by atoms with Gasteiger partial charge in [0.1, 0.15) is 0 Å². The van der Waals surface area contributed by atoms with E-state index in [9.17, 15) is 22.0 Å². The first-order valence-corrected chi connectivity index (χ1v) is 4.40. The highest BCUT2D eigenvalue weighted by Gasteiger charge is 2.39. The SMILES string of the molecule is CNc1nc(Cl)c(OC(F)F)c(C(F)(F)F)n1. The minimum atomic E-state index is -4.98. The third-order valence-electron chi connectivity index (χ3n) is 1.52. The molecule has 1 rings (SSSR count). The lowest BCUT2D eigenvalue weighted by molar-refractivity contribution is -0.145. The normalized spacial score (nSPS) is 11.8. The van der Waals surface area contributed by atoms with E-state index in [1.807, 2.05) is 0 Å². The van der Waals surface area contributed by atoms with Crippen molar-refractivity contribution < 1.29 is 26.7 Å². The number of halogens is 6. The van der Waals surface area contributed by atoms with E-state index in [4.69, 9.17) is 11.6 Å².